The highest BCUT2D eigenvalue weighted by Gasteiger charge is 2.25. The fourth-order valence-corrected chi connectivity index (χ4v) is 1.69. The van der Waals surface area contributed by atoms with E-state index in [-0.39, 0.29) is 11.9 Å². The van der Waals surface area contributed by atoms with Crippen molar-refractivity contribution in [3.8, 4) is 0 Å². The molecule has 2 N–H and O–H groups in total. The Morgan fingerprint density at radius 1 is 1.53 bits per heavy atom. The molecule has 0 aromatic carbocycles. The van der Waals surface area contributed by atoms with Gasteiger partial charge in [-0.1, -0.05) is 0 Å². The second kappa shape index (κ2) is 5.04. The van der Waals surface area contributed by atoms with Crippen molar-refractivity contribution in [1.82, 2.24) is 10.3 Å². The number of halogens is 1. The van der Waals surface area contributed by atoms with Gasteiger partial charge in [0.2, 0.25) is 5.91 Å². The van der Waals surface area contributed by atoms with Gasteiger partial charge >= 0.3 is 0 Å². The van der Waals surface area contributed by atoms with Gasteiger partial charge < -0.3 is 10.6 Å². The Morgan fingerprint density at radius 2 is 2.24 bits per heavy atom. The second-order valence-corrected chi connectivity index (χ2v) is 5.27. The van der Waals surface area contributed by atoms with Crippen LogP contribution < -0.4 is 10.6 Å². The molecule has 0 saturated heterocycles. The van der Waals surface area contributed by atoms with Crippen molar-refractivity contribution in [1.29, 1.82) is 0 Å². The summed E-state index contributed by atoms with van der Waals surface area (Å²) in [5.41, 5.74) is 0.907. The minimum absolute atomic E-state index is 0.0369. The van der Waals surface area contributed by atoms with Crippen LogP contribution in [0.1, 0.15) is 25.5 Å². The van der Waals surface area contributed by atoms with Gasteiger partial charge in [-0.2, -0.15) is 0 Å². The predicted molar refractivity (Wildman–Crippen MR) is 70.9 cm³/mol. The average Bonchev–Trinajstić information content (AvgIpc) is 3.07. The van der Waals surface area contributed by atoms with Crippen LogP contribution in [0.3, 0.4) is 0 Å². The maximum absolute atomic E-state index is 11.7. The molecule has 1 heterocycles. The molecule has 0 bridgehead atoms. The van der Waals surface area contributed by atoms with Crippen LogP contribution in [-0.4, -0.2) is 23.0 Å². The van der Waals surface area contributed by atoms with Crippen LogP contribution in [0.15, 0.2) is 16.6 Å². The Bertz CT molecular complexity index is 432. The Kier molecular flexibility index (Phi) is 3.66. The quantitative estimate of drug-likeness (QED) is 0.896. The lowest BCUT2D eigenvalue weighted by atomic mass is 10.3. The van der Waals surface area contributed by atoms with E-state index < -0.39 is 0 Å². The van der Waals surface area contributed by atoms with Gasteiger partial charge in [0, 0.05) is 10.5 Å². The topological polar surface area (TPSA) is 54.0 Å². The first kappa shape index (κ1) is 12.4. The van der Waals surface area contributed by atoms with Crippen LogP contribution in [0.5, 0.6) is 0 Å². The SMILES string of the molecule is Cc1nc(NC(C)C(=O)NC2CC2)ccc1Br. The molecule has 5 heteroatoms. The number of hydrogen-bond acceptors (Lipinski definition) is 3. The smallest absolute Gasteiger partial charge is 0.242 e. The van der Waals surface area contributed by atoms with Gasteiger partial charge in [-0.3, -0.25) is 4.79 Å². The molecule has 0 radical (unpaired) electrons. The van der Waals surface area contributed by atoms with Gasteiger partial charge in [0.25, 0.3) is 0 Å². The number of hydrogen-bond donors (Lipinski definition) is 2. The summed E-state index contributed by atoms with van der Waals surface area (Å²) in [7, 11) is 0. The van der Waals surface area contributed by atoms with Crippen molar-refractivity contribution < 1.29 is 4.79 Å². The summed E-state index contributed by atoms with van der Waals surface area (Å²) in [6, 6.07) is 3.92. The molecule has 17 heavy (non-hydrogen) atoms. The van der Waals surface area contributed by atoms with Crippen LogP contribution in [0, 0.1) is 6.92 Å². The number of anilines is 1. The first-order valence-corrected chi connectivity index (χ1v) is 6.55. The highest BCUT2D eigenvalue weighted by atomic mass is 79.9. The third-order valence-corrected chi connectivity index (χ3v) is 3.54. The first-order valence-electron chi connectivity index (χ1n) is 5.76. The van der Waals surface area contributed by atoms with E-state index in [0.717, 1.165) is 28.8 Å². The van der Waals surface area contributed by atoms with Gasteiger partial charge in [-0.15, -0.1) is 0 Å². The average molecular weight is 298 g/mol. The number of amides is 1. The largest absolute Gasteiger partial charge is 0.359 e. The number of nitrogens with zero attached hydrogens (tertiary/aromatic N) is 1. The lowest BCUT2D eigenvalue weighted by molar-refractivity contribution is -0.121. The number of pyridine rings is 1. The monoisotopic (exact) mass is 297 g/mol. The maximum atomic E-state index is 11.7. The minimum atomic E-state index is -0.260. The van der Waals surface area contributed by atoms with E-state index >= 15 is 0 Å². The van der Waals surface area contributed by atoms with Crippen molar-refractivity contribution in [2.75, 3.05) is 5.32 Å². The molecular weight excluding hydrogens is 282 g/mol. The van der Waals surface area contributed by atoms with Crippen molar-refractivity contribution in [3.63, 3.8) is 0 Å². The predicted octanol–water partition coefficient (Wildman–Crippen LogP) is 2.23. The summed E-state index contributed by atoms with van der Waals surface area (Å²) in [6.45, 7) is 3.76. The normalized spacial score (nSPS) is 16.4. The van der Waals surface area contributed by atoms with Crippen molar-refractivity contribution in [3.05, 3.63) is 22.3 Å². The number of rotatable bonds is 4. The second-order valence-electron chi connectivity index (χ2n) is 4.41. The molecular formula is C12H16BrN3O. The van der Waals surface area contributed by atoms with E-state index in [2.05, 4.69) is 31.5 Å². The molecule has 0 aliphatic heterocycles. The van der Waals surface area contributed by atoms with Crippen molar-refractivity contribution in [2.24, 2.45) is 0 Å². The van der Waals surface area contributed by atoms with E-state index in [0.29, 0.717) is 6.04 Å². The van der Waals surface area contributed by atoms with Crippen LogP contribution in [0.2, 0.25) is 0 Å². The Morgan fingerprint density at radius 3 is 2.82 bits per heavy atom. The highest BCUT2D eigenvalue weighted by molar-refractivity contribution is 9.10. The van der Waals surface area contributed by atoms with Gasteiger partial charge in [0.05, 0.1) is 5.69 Å². The molecule has 1 saturated carbocycles. The number of carbonyl (C=O) groups excluding carboxylic acids is 1. The summed E-state index contributed by atoms with van der Waals surface area (Å²) in [5, 5.41) is 6.06. The van der Waals surface area contributed by atoms with E-state index in [1.807, 2.05) is 26.0 Å². The van der Waals surface area contributed by atoms with Crippen LogP contribution >= 0.6 is 15.9 Å². The zero-order valence-electron chi connectivity index (χ0n) is 9.96. The zero-order chi connectivity index (χ0) is 12.4. The lowest BCUT2D eigenvalue weighted by Gasteiger charge is -2.14. The standard InChI is InChI=1S/C12H16BrN3O/c1-7-10(13)5-6-11(14-7)15-8(2)12(17)16-9-3-4-9/h5-6,8-9H,3-4H2,1-2H3,(H,14,15)(H,16,17). The van der Waals surface area contributed by atoms with Crippen molar-refractivity contribution >= 4 is 27.7 Å². The van der Waals surface area contributed by atoms with E-state index in [4.69, 9.17) is 0 Å². The Hall–Kier alpha value is -1.10. The number of aryl methyl sites for hydroxylation is 1. The van der Waals surface area contributed by atoms with Gasteiger partial charge in [0.15, 0.2) is 0 Å². The maximum Gasteiger partial charge on any atom is 0.242 e. The third kappa shape index (κ3) is 3.43. The Balaban J connectivity index is 1.94. The molecule has 1 atom stereocenters. The molecule has 92 valence electrons. The Labute approximate surface area is 109 Å². The zero-order valence-corrected chi connectivity index (χ0v) is 11.5. The molecule has 1 aromatic heterocycles. The van der Waals surface area contributed by atoms with E-state index in [1.54, 1.807) is 0 Å². The summed E-state index contributed by atoms with van der Waals surface area (Å²) >= 11 is 3.40. The first-order chi connectivity index (χ1) is 8.06. The molecule has 1 aliphatic carbocycles. The number of aromatic nitrogens is 1. The molecule has 1 amide bonds. The van der Waals surface area contributed by atoms with Gasteiger partial charge in [-0.25, -0.2) is 4.98 Å². The minimum Gasteiger partial charge on any atom is -0.359 e. The van der Waals surface area contributed by atoms with Crippen LogP contribution in [-0.2, 0) is 4.79 Å². The summed E-state index contributed by atoms with van der Waals surface area (Å²) < 4.78 is 0.970. The van der Waals surface area contributed by atoms with Crippen molar-refractivity contribution in [2.45, 2.75) is 38.8 Å². The fourth-order valence-electron chi connectivity index (χ4n) is 1.47. The number of nitrogens with one attached hydrogen (secondary N) is 2. The van der Waals surface area contributed by atoms with Crippen LogP contribution in [0.4, 0.5) is 5.82 Å². The molecule has 1 aliphatic rings. The molecule has 4 nitrogen and oxygen atoms in total. The molecule has 2 rings (SSSR count). The molecule has 1 unspecified atom stereocenters. The van der Waals surface area contributed by atoms with Crippen LogP contribution in [0.25, 0.3) is 0 Å². The highest BCUT2D eigenvalue weighted by Crippen LogP contribution is 2.19. The molecule has 1 aromatic rings. The van der Waals surface area contributed by atoms with E-state index in [9.17, 15) is 4.79 Å². The third-order valence-electron chi connectivity index (χ3n) is 2.70. The summed E-state index contributed by atoms with van der Waals surface area (Å²) in [5.74, 6) is 0.763. The van der Waals surface area contributed by atoms with E-state index in [1.165, 1.54) is 0 Å². The number of carbonyl (C=O) groups is 1. The summed E-state index contributed by atoms with van der Waals surface area (Å²) in [4.78, 5) is 16.1. The molecule has 1 fully saturated rings. The fraction of sp³-hybridized carbons (Fsp3) is 0.500. The van der Waals surface area contributed by atoms with Gasteiger partial charge in [0.1, 0.15) is 11.9 Å². The van der Waals surface area contributed by atoms with Gasteiger partial charge in [-0.05, 0) is 54.8 Å². The molecule has 0 spiro atoms. The lowest BCUT2D eigenvalue weighted by Crippen LogP contribution is -2.38. The summed E-state index contributed by atoms with van der Waals surface area (Å²) in [6.07, 6.45) is 2.21.